The Morgan fingerprint density at radius 2 is 2.27 bits per heavy atom. The molecule has 0 saturated carbocycles. The maximum atomic E-state index is 12.0. The summed E-state index contributed by atoms with van der Waals surface area (Å²) >= 11 is 9.21. The molecule has 80 valence electrons. The molecule has 0 aliphatic carbocycles. The van der Waals surface area contributed by atoms with Crippen LogP contribution in [0.3, 0.4) is 0 Å². The highest BCUT2D eigenvalue weighted by molar-refractivity contribution is 9.10. The Morgan fingerprint density at radius 1 is 1.47 bits per heavy atom. The van der Waals surface area contributed by atoms with E-state index in [-0.39, 0.29) is 11.7 Å². The van der Waals surface area contributed by atoms with Crippen LogP contribution in [0.2, 0.25) is 5.02 Å². The van der Waals surface area contributed by atoms with Crippen LogP contribution >= 0.6 is 27.5 Å². The lowest BCUT2D eigenvalue weighted by molar-refractivity contribution is 0.0900. The van der Waals surface area contributed by atoms with Crippen LogP contribution in [-0.4, -0.2) is 19.0 Å². The van der Waals surface area contributed by atoms with Crippen molar-refractivity contribution < 1.29 is 9.53 Å². The number of hydrogen-bond donors (Lipinski definition) is 0. The third-order valence-corrected chi connectivity index (χ3v) is 3.12. The molecule has 1 atom stereocenters. The van der Waals surface area contributed by atoms with E-state index in [4.69, 9.17) is 16.3 Å². The highest BCUT2D eigenvalue weighted by atomic mass is 79.9. The normalized spacial score (nSPS) is 20.5. The highest BCUT2D eigenvalue weighted by Crippen LogP contribution is 2.24. The second-order valence-electron chi connectivity index (χ2n) is 3.58. The van der Waals surface area contributed by atoms with Gasteiger partial charge in [0.25, 0.3) is 0 Å². The van der Waals surface area contributed by atoms with Crippen molar-refractivity contribution in [3.05, 3.63) is 33.3 Å². The summed E-state index contributed by atoms with van der Waals surface area (Å²) in [6, 6.07) is 5.27. The number of ketones is 1. The first-order valence-corrected chi connectivity index (χ1v) is 5.92. The standard InChI is InChI=1S/C11H10BrClO2/c12-9-3-8(4-10(13)5-9)11(14)7-1-2-15-6-7/h3-5,7H,1-2,6H2. The predicted octanol–water partition coefficient (Wildman–Crippen LogP) is 3.32. The molecule has 0 N–H and O–H groups in total. The summed E-state index contributed by atoms with van der Waals surface area (Å²) in [6.07, 6.45) is 0.808. The summed E-state index contributed by atoms with van der Waals surface area (Å²) in [5.74, 6) is 0.117. The summed E-state index contributed by atoms with van der Waals surface area (Å²) in [5.41, 5.74) is 0.657. The number of rotatable bonds is 2. The third-order valence-electron chi connectivity index (χ3n) is 2.45. The fourth-order valence-corrected chi connectivity index (χ4v) is 2.53. The molecule has 1 saturated heterocycles. The van der Waals surface area contributed by atoms with Crippen molar-refractivity contribution >= 4 is 33.3 Å². The van der Waals surface area contributed by atoms with Crippen LogP contribution in [0.25, 0.3) is 0 Å². The SMILES string of the molecule is O=C(c1cc(Cl)cc(Br)c1)C1CCOC1. The minimum atomic E-state index is -0.00429. The van der Waals surface area contributed by atoms with Gasteiger partial charge in [-0.2, -0.15) is 0 Å². The monoisotopic (exact) mass is 288 g/mol. The van der Waals surface area contributed by atoms with Gasteiger partial charge in [-0.15, -0.1) is 0 Å². The van der Waals surface area contributed by atoms with Gasteiger partial charge in [-0.3, -0.25) is 4.79 Å². The number of carbonyl (C=O) groups excluding carboxylic acids is 1. The zero-order valence-corrected chi connectivity index (χ0v) is 10.3. The van der Waals surface area contributed by atoms with Gasteiger partial charge in [0.15, 0.2) is 5.78 Å². The Balaban J connectivity index is 2.24. The van der Waals surface area contributed by atoms with Crippen LogP contribution in [0.4, 0.5) is 0 Å². The van der Waals surface area contributed by atoms with Crippen molar-refractivity contribution in [1.29, 1.82) is 0 Å². The van der Waals surface area contributed by atoms with Crippen LogP contribution in [-0.2, 0) is 4.74 Å². The molecule has 1 aromatic carbocycles. The third kappa shape index (κ3) is 2.60. The molecule has 1 aromatic rings. The molecular formula is C11H10BrClO2. The van der Waals surface area contributed by atoms with Crippen molar-refractivity contribution in [3.63, 3.8) is 0 Å². The smallest absolute Gasteiger partial charge is 0.168 e. The lowest BCUT2D eigenvalue weighted by Gasteiger charge is -2.07. The minimum absolute atomic E-state index is 0.00429. The van der Waals surface area contributed by atoms with E-state index in [2.05, 4.69) is 15.9 Å². The number of halogens is 2. The molecule has 15 heavy (non-hydrogen) atoms. The molecule has 1 heterocycles. The summed E-state index contributed by atoms with van der Waals surface area (Å²) in [5, 5.41) is 0.576. The second-order valence-corrected chi connectivity index (χ2v) is 4.93. The quantitative estimate of drug-likeness (QED) is 0.781. The van der Waals surface area contributed by atoms with Crippen molar-refractivity contribution in [3.8, 4) is 0 Å². The minimum Gasteiger partial charge on any atom is -0.381 e. The average Bonchev–Trinajstić information content (AvgIpc) is 2.67. The van der Waals surface area contributed by atoms with Crippen LogP contribution in [0, 0.1) is 5.92 Å². The summed E-state index contributed by atoms with van der Waals surface area (Å²) < 4.78 is 6.03. The molecule has 2 nitrogen and oxygen atoms in total. The Hall–Kier alpha value is -0.380. The average molecular weight is 290 g/mol. The van der Waals surface area contributed by atoms with Crippen molar-refractivity contribution in [2.45, 2.75) is 6.42 Å². The first-order chi connectivity index (χ1) is 7.16. The van der Waals surface area contributed by atoms with Crippen LogP contribution in [0.5, 0.6) is 0 Å². The van der Waals surface area contributed by atoms with Crippen LogP contribution in [0.1, 0.15) is 16.8 Å². The molecule has 0 aromatic heterocycles. The van der Waals surface area contributed by atoms with E-state index in [0.717, 1.165) is 10.9 Å². The largest absolute Gasteiger partial charge is 0.381 e. The fraction of sp³-hybridized carbons (Fsp3) is 0.364. The molecule has 0 spiro atoms. The number of ether oxygens (including phenoxy) is 1. The number of benzene rings is 1. The maximum absolute atomic E-state index is 12.0. The zero-order valence-electron chi connectivity index (χ0n) is 8.00. The lowest BCUT2D eigenvalue weighted by atomic mass is 9.97. The van der Waals surface area contributed by atoms with Crippen molar-refractivity contribution in [2.24, 2.45) is 5.92 Å². The summed E-state index contributed by atoms with van der Waals surface area (Å²) in [6.45, 7) is 1.21. The predicted molar refractivity (Wildman–Crippen MR) is 62.4 cm³/mol. The Labute approximate surface area is 102 Å². The van der Waals surface area contributed by atoms with Gasteiger partial charge in [0, 0.05) is 27.6 Å². The number of hydrogen-bond acceptors (Lipinski definition) is 2. The van der Waals surface area contributed by atoms with E-state index in [1.54, 1.807) is 18.2 Å². The highest BCUT2D eigenvalue weighted by Gasteiger charge is 2.24. The van der Waals surface area contributed by atoms with E-state index in [1.165, 1.54) is 0 Å². The Morgan fingerprint density at radius 3 is 2.87 bits per heavy atom. The zero-order chi connectivity index (χ0) is 10.8. The van der Waals surface area contributed by atoms with Gasteiger partial charge in [-0.25, -0.2) is 0 Å². The van der Waals surface area contributed by atoms with E-state index in [9.17, 15) is 4.79 Å². The fourth-order valence-electron chi connectivity index (χ4n) is 1.67. The first kappa shape index (κ1) is 11.1. The molecule has 1 aliphatic rings. The van der Waals surface area contributed by atoms with E-state index < -0.39 is 0 Å². The first-order valence-electron chi connectivity index (χ1n) is 4.75. The van der Waals surface area contributed by atoms with Gasteiger partial charge < -0.3 is 4.74 Å². The van der Waals surface area contributed by atoms with Gasteiger partial charge in [-0.1, -0.05) is 27.5 Å². The van der Waals surface area contributed by atoms with Crippen molar-refractivity contribution in [1.82, 2.24) is 0 Å². The molecule has 1 aliphatic heterocycles. The van der Waals surface area contributed by atoms with Gasteiger partial charge in [-0.05, 0) is 24.6 Å². The van der Waals surface area contributed by atoms with E-state index >= 15 is 0 Å². The van der Waals surface area contributed by atoms with Gasteiger partial charge in [0.1, 0.15) is 0 Å². The Kier molecular flexibility index (Phi) is 3.44. The van der Waals surface area contributed by atoms with Gasteiger partial charge >= 0.3 is 0 Å². The van der Waals surface area contributed by atoms with Gasteiger partial charge in [0.2, 0.25) is 0 Å². The second kappa shape index (κ2) is 4.64. The molecule has 4 heteroatoms. The molecule has 0 amide bonds. The summed E-state index contributed by atoms with van der Waals surface area (Å²) in [4.78, 5) is 12.0. The lowest BCUT2D eigenvalue weighted by Crippen LogP contribution is -2.14. The molecule has 1 fully saturated rings. The number of Topliss-reactive ketones (excluding diaryl/α,β-unsaturated/α-hetero) is 1. The molecular weight excluding hydrogens is 279 g/mol. The van der Waals surface area contributed by atoms with Crippen molar-refractivity contribution in [2.75, 3.05) is 13.2 Å². The van der Waals surface area contributed by atoms with Gasteiger partial charge in [0.05, 0.1) is 6.61 Å². The molecule has 0 radical (unpaired) electrons. The number of carbonyl (C=O) groups is 1. The Bertz CT molecular complexity index is 366. The summed E-state index contributed by atoms with van der Waals surface area (Å²) in [7, 11) is 0. The molecule has 0 bridgehead atoms. The molecule has 1 unspecified atom stereocenters. The topological polar surface area (TPSA) is 26.3 Å². The van der Waals surface area contributed by atoms with Crippen LogP contribution in [0.15, 0.2) is 22.7 Å². The van der Waals surface area contributed by atoms with E-state index in [0.29, 0.717) is 23.8 Å². The van der Waals surface area contributed by atoms with E-state index in [1.807, 2.05) is 0 Å². The molecule has 2 rings (SSSR count). The van der Waals surface area contributed by atoms with Crippen LogP contribution < -0.4 is 0 Å². The maximum Gasteiger partial charge on any atom is 0.168 e.